The molecule has 158 valence electrons. The van der Waals surface area contributed by atoms with Crippen LogP contribution < -0.4 is 5.32 Å². The summed E-state index contributed by atoms with van der Waals surface area (Å²) in [4.78, 5) is 17.9. The molecule has 3 aromatic rings. The molecule has 4 rings (SSSR count). The van der Waals surface area contributed by atoms with Gasteiger partial charge in [-0.15, -0.1) is 0 Å². The lowest BCUT2D eigenvalue weighted by Crippen LogP contribution is -2.17. The molecule has 2 heterocycles. The minimum absolute atomic E-state index is 0.413. The second-order valence-corrected chi connectivity index (χ2v) is 7.79. The van der Waals surface area contributed by atoms with Crippen LogP contribution in [0.5, 0.6) is 0 Å². The number of methoxy groups -OCH3 is 1. The average Bonchev–Trinajstić information content (AvgIpc) is 3.18. The van der Waals surface area contributed by atoms with Crippen LogP contribution in [0.1, 0.15) is 37.2 Å². The van der Waals surface area contributed by atoms with Crippen LogP contribution in [0.15, 0.2) is 66.5 Å². The molecule has 0 saturated heterocycles. The number of hydrogen-bond donors (Lipinski definition) is 1. The van der Waals surface area contributed by atoms with Gasteiger partial charge in [-0.05, 0) is 38.0 Å². The third kappa shape index (κ3) is 4.04. The zero-order chi connectivity index (χ0) is 22.0. The van der Waals surface area contributed by atoms with Crippen LogP contribution in [0.2, 0.25) is 0 Å². The van der Waals surface area contributed by atoms with Gasteiger partial charge in [-0.2, -0.15) is 0 Å². The van der Waals surface area contributed by atoms with E-state index in [1.807, 2.05) is 42.0 Å². The highest BCUT2D eigenvalue weighted by atomic mass is 16.5. The van der Waals surface area contributed by atoms with Gasteiger partial charge in [0.05, 0.1) is 18.5 Å². The van der Waals surface area contributed by atoms with Crippen LogP contribution in [0.25, 0.3) is 22.4 Å². The number of rotatable bonds is 5. The zero-order valence-corrected chi connectivity index (χ0v) is 18.4. The van der Waals surface area contributed by atoms with Crippen LogP contribution in [0.4, 0.5) is 5.69 Å². The summed E-state index contributed by atoms with van der Waals surface area (Å²) >= 11 is 0. The number of para-hydroxylation sites is 1. The molecule has 31 heavy (non-hydrogen) atoms. The van der Waals surface area contributed by atoms with E-state index in [2.05, 4.69) is 49.5 Å². The molecule has 0 bridgehead atoms. The Hall–Kier alpha value is -3.60. The lowest BCUT2D eigenvalue weighted by atomic mass is 9.98. The molecule has 0 fully saturated rings. The highest BCUT2D eigenvalue weighted by Crippen LogP contribution is 2.34. The highest BCUT2D eigenvalue weighted by Gasteiger charge is 2.26. The number of fused-ring (bicyclic) bond motifs is 1. The van der Waals surface area contributed by atoms with Crippen LogP contribution >= 0.6 is 0 Å². The van der Waals surface area contributed by atoms with Crippen molar-refractivity contribution >= 4 is 22.8 Å². The second kappa shape index (κ2) is 8.64. The number of aryl methyl sites for hydroxylation is 2. The summed E-state index contributed by atoms with van der Waals surface area (Å²) in [6.45, 7) is 6.97. The molecule has 5 heteroatoms. The fourth-order valence-corrected chi connectivity index (χ4v) is 3.86. The van der Waals surface area contributed by atoms with Crippen molar-refractivity contribution < 1.29 is 9.53 Å². The number of carbonyl (C=O) groups excluding carboxylic acids is 1. The fraction of sp³-hybridized carbons (Fsp3) is 0.231. The first-order chi connectivity index (χ1) is 15.0. The van der Waals surface area contributed by atoms with Crippen molar-refractivity contribution in [3.63, 3.8) is 0 Å². The van der Waals surface area contributed by atoms with Gasteiger partial charge in [0.1, 0.15) is 11.4 Å². The van der Waals surface area contributed by atoms with Gasteiger partial charge in [0.15, 0.2) is 0 Å². The van der Waals surface area contributed by atoms with Crippen LogP contribution in [-0.4, -0.2) is 22.6 Å². The number of imidazole rings is 1. The summed E-state index contributed by atoms with van der Waals surface area (Å²) in [6.07, 6.45) is 4.93. The zero-order valence-electron chi connectivity index (χ0n) is 18.4. The monoisotopic (exact) mass is 413 g/mol. The van der Waals surface area contributed by atoms with Gasteiger partial charge < -0.3 is 14.6 Å². The van der Waals surface area contributed by atoms with Gasteiger partial charge in [-0.3, -0.25) is 0 Å². The number of allylic oxidation sites excluding steroid dienone is 2. The fourth-order valence-electron chi connectivity index (χ4n) is 3.86. The molecule has 1 N–H and O–H groups in total. The molecule has 0 atom stereocenters. The third-order valence-corrected chi connectivity index (χ3v) is 5.45. The van der Waals surface area contributed by atoms with E-state index in [9.17, 15) is 4.79 Å². The molecule has 0 saturated carbocycles. The molecule has 0 unspecified atom stereocenters. The van der Waals surface area contributed by atoms with Crippen LogP contribution in [-0.2, 0) is 16.1 Å². The maximum Gasteiger partial charge on any atom is 0.343 e. The van der Waals surface area contributed by atoms with Crippen molar-refractivity contribution in [2.45, 2.75) is 33.7 Å². The van der Waals surface area contributed by atoms with Crippen LogP contribution in [0, 0.1) is 6.92 Å². The summed E-state index contributed by atoms with van der Waals surface area (Å²) in [7, 11) is 1.41. The number of hydrogen-bond acceptors (Lipinski definition) is 4. The van der Waals surface area contributed by atoms with Crippen molar-refractivity contribution in [3.05, 3.63) is 83.5 Å². The van der Waals surface area contributed by atoms with E-state index in [0.29, 0.717) is 17.1 Å². The Morgan fingerprint density at radius 2 is 1.84 bits per heavy atom. The van der Waals surface area contributed by atoms with Gasteiger partial charge in [0.2, 0.25) is 0 Å². The lowest BCUT2D eigenvalue weighted by Gasteiger charge is -2.21. The SMILES string of the molecule is CCCn1cc(-c2ccc(C)cc2)nc1/C(C(=O)OC)=C1\C=C(C)c2ccccc2N1. The van der Waals surface area contributed by atoms with E-state index in [1.165, 1.54) is 12.7 Å². The van der Waals surface area contributed by atoms with Gasteiger partial charge in [0, 0.05) is 29.6 Å². The third-order valence-electron chi connectivity index (χ3n) is 5.45. The molecule has 0 amide bonds. The number of carbonyl (C=O) groups is 1. The number of aromatic nitrogens is 2. The van der Waals surface area contributed by atoms with Crippen molar-refractivity contribution in [2.24, 2.45) is 0 Å². The first-order valence-electron chi connectivity index (χ1n) is 10.5. The molecule has 2 aromatic carbocycles. The maximum atomic E-state index is 13.0. The predicted molar refractivity (Wildman–Crippen MR) is 125 cm³/mol. The average molecular weight is 414 g/mol. The number of nitrogens with zero attached hydrogens (tertiary/aromatic N) is 2. The van der Waals surface area contributed by atoms with Crippen molar-refractivity contribution in [3.8, 4) is 11.3 Å². The van der Waals surface area contributed by atoms with Crippen LogP contribution in [0.3, 0.4) is 0 Å². The van der Waals surface area contributed by atoms with Gasteiger partial charge >= 0.3 is 5.97 Å². The summed E-state index contributed by atoms with van der Waals surface area (Å²) in [5.74, 6) is 0.194. The Labute approximate surface area is 183 Å². The molecule has 0 aliphatic carbocycles. The Balaban J connectivity index is 1.89. The highest BCUT2D eigenvalue weighted by molar-refractivity contribution is 6.18. The minimum Gasteiger partial charge on any atom is -0.465 e. The van der Waals surface area contributed by atoms with Gasteiger partial charge in [-0.1, -0.05) is 55.0 Å². The Kier molecular flexibility index (Phi) is 5.76. The minimum atomic E-state index is -0.413. The largest absolute Gasteiger partial charge is 0.465 e. The standard InChI is InChI=1S/C26H27N3O2/c1-5-14-29-16-23(19-12-10-17(2)11-13-19)28-25(29)24(26(30)31-4)22-15-18(3)20-8-6-7-9-21(20)27-22/h6-13,15-16,27H,5,14H2,1-4H3/b24-22-. The molecular formula is C26H27N3O2. The molecular weight excluding hydrogens is 386 g/mol. The first-order valence-corrected chi connectivity index (χ1v) is 10.5. The maximum absolute atomic E-state index is 13.0. The lowest BCUT2D eigenvalue weighted by molar-refractivity contribution is -0.133. The normalized spacial score (nSPS) is 14.4. The number of benzene rings is 2. The van der Waals surface area contributed by atoms with Crippen molar-refractivity contribution in [2.75, 3.05) is 12.4 Å². The Bertz CT molecular complexity index is 1180. The molecule has 0 radical (unpaired) electrons. The summed E-state index contributed by atoms with van der Waals surface area (Å²) in [5, 5.41) is 3.42. The number of nitrogens with one attached hydrogen (secondary N) is 1. The quantitative estimate of drug-likeness (QED) is 0.432. The van der Waals surface area contributed by atoms with E-state index in [4.69, 9.17) is 9.72 Å². The van der Waals surface area contributed by atoms with Crippen molar-refractivity contribution in [1.82, 2.24) is 9.55 Å². The molecule has 5 nitrogen and oxygen atoms in total. The first kappa shape index (κ1) is 20.7. The number of anilines is 1. The van der Waals surface area contributed by atoms with E-state index in [0.717, 1.165) is 41.0 Å². The summed E-state index contributed by atoms with van der Waals surface area (Å²) in [6, 6.07) is 16.3. The van der Waals surface area contributed by atoms with Gasteiger partial charge in [0.25, 0.3) is 0 Å². The van der Waals surface area contributed by atoms with E-state index in [-0.39, 0.29) is 0 Å². The molecule has 1 aliphatic heterocycles. The predicted octanol–water partition coefficient (Wildman–Crippen LogP) is 5.68. The molecule has 0 spiro atoms. The molecule has 1 aliphatic rings. The Morgan fingerprint density at radius 3 is 2.55 bits per heavy atom. The summed E-state index contributed by atoms with van der Waals surface area (Å²) < 4.78 is 7.23. The Morgan fingerprint density at radius 1 is 1.10 bits per heavy atom. The van der Waals surface area contributed by atoms with E-state index < -0.39 is 5.97 Å². The van der Waals surface area contributed by atoms with E-state index in [1.54, 1.807) is 0 Å². The second-order valence-electron chi connectivity index (χ2n) is 7.79. The van der Waals surface area contributed by atoms with E-state index >= 15 is 0 Å². The topological polar surface area (TPSA) is 56.2 Å². The molecule has 1 aromatic heterocycles. The number of esters is 1. The smallest absolute Gasteiger partial charge is 0.343 e. The van der Waals surface area contributed by atoms with Gasteiger partial charge in [-0.25, -0.2) is 9.78 Å². The van der Waals surface area contributed by atoms with Crippen molar-refractivity contribution in [1.29, 1.82) is 0 Å². The number of ether oxygens (including phenoxy) is 1. The summed E-state index contributed by atoms with van der Waals surface area (Å²) in [5.41, 5.74) is 7.34.